The van der Waals surface area contributed by atoms with E-state index in [1.807, 2.05) is 13.0 Å². The zero-order valence-corrected chi connectivity index (χ0v) is 14.2. The van der Waals surface area contributed by atoms with Gasteiger partial charge in [0.1, 0.15) is 17.5 Å². The Morgan fingerprint density at radius 1 is 1.28 bits per heavy atom. The summed E-state index contributed by atoms with van der Waals surface area (Å²) in [5.41, 5.74) is 0.551. The quantitative estimate of drug-likeness (QED) is 0.752. The van der Waals surface area contributed by atoms with Gasteiger partial charge in [-0.25, -0.2) is 9.97 Å². The lowest BCUT2D eigenvalue weighted by molar-refractivity contribution is 0.0955. The van der Waals surface area contributed by atoms with Gasteiger partial charge < -0.3 is 20.3 Å². The van der Waals surface area contributed by atoms with E-state index in [0.717, 1.165) is 24.7 Å². The number of aromatic nitrogens is 3. The lowest BCUT2D eigenvalue weighted by atomic mass is 10.3. The number of anilines is 2. The third-order valence-electron chi connectivity index (χ3n) is 3.80. The Kier molecular flexibility index (Phi) is 5.73. The van der Waals surface area contributed by atoms with Crippen LogP contribution in [0.3, 0.4) is 0 Å². The standard InChI is InChI=1S/C17H22N6O2/c1-13-21-15(11-16(22-13)23-7-9-25-10-8-23)19-5-6-20-17(24)14-3-2-4-18-12-14/h2-4,11-12H,5-10H2,1H3,(H,20,24)(H,19,21,22). The van der Waals surface area contributed by atoms with Crippen molar-refractivity contribution in [3.05, 3.63) is 42.0 Å². The summed E-state index contributed by atoms with van der Waals surface area (Å²) >= 11 is 0. The molecule has 2 aromatic heterocycles. The normalized spacial score (nSPS) is 14.2. The van der Waals surface area contributed by atoms with E-state index in [4.69, 9.17) is 4.74 Å². The maximum Gasteiger partial charge on any atom is 0.252 e. The predicted octanol–water partition coefficient (Wildman–Crippen LogP) is 0.859. The van der Waals surface area contributed by atoms with Gasteiger partial charge in [-0.2, -0.15) is 0 Å². The minimum Gasteiger partial charge on any atom is -0.378 e. The van der Waals surface area contributed by atoms with Crippen LogP contribution in [0.25, 0.3) is 0 Å². The Hall–Kier alpha value is -2.74. The number of rotatable bonds is 6. The molecule has 3 heterocycles. The molecular formula is C17H22N6O2. The van der Waals surface area contributed by atoms with E-state index in [1.54, 1.807) is 24.5 Å². The van der Waals surface area contributed by atoms with Crippen molar-refractivity contribution >= 4 is 17.5 Å². The molecule has 0 aromatic carbocycles. The van der Waals surface area contributed by atoms with E-state index in [9.17, 15) is 4.79 Å². The molecule has 0 aliphatic carbocycles. The molecule has 1 aliphatic rings. The first kappa shape index (κ1) is 17.1. The SMILES string of the molecule is Cc1nc(NCCNC(=O)c2cccnc2)cc(N2CCOCC2)n1. The number of hydrogen-bond donors (Lipinski definition) is 2. The first-order chi connectivity index (χ1) is 12.2. The third-order valence-corrected chi connectivity index (χ3v) is 3.80. The molecule has 0 spiro atoms. The Morgan fingerprint density at radius 3 is 2.88 bits per heavy atom. The van der Waals surface area contributed by atoms with E-state index in [1.165, 1.54) is 0 Å². The smallest absolute Gasteiger partial charge is 0.252 e. The van der Waals surface area contributed by atoms with Gasteiger partial charge in [0.2, 0.25) is 0 Å². The summed E-state index contributed by atoms with van der Waals surface area (Å²) in [6.07, 6.45) is 3.19. The van der Waals surface area contributed by atoms with Crippen molar-refractivity contribution < 1.29 is 9.53 Å². The van der Waals surface area contributed by atoms with Crippen molar-refractivity contribution in [3.63, 3.8) is 0 Å². The van der Waals surface area contributed by atoms with Crippen LogP contribution in [-0.2, 0) is 4.74 Å². The van der Waals surface area contributed by atoms with Crippen LogP contribution in [0.2, 0.25) is 0 Å². The van der Waals surface area contributed by atoms with Gasteiger partial charge in [0.15, 0.2) is 0 Å². The van der Waals surface area contributed by atoms with Crippen molar-refractivity contribution in [2.24, 2.45) is 0 Å². The molecule has 8 nitrogen and oxygen atoms in total. The number of hydrogen-bond acceptors (Lipinski definition) is 7. The van der Waals surface area contributed by atoms with Crippen LogP contribution in [0.1, 0.15) is 16.2 Å². The van der Waals surface area contributed by atoms with Crippen molar-refractivity contribution in [2.75, 3.05) is 49.6 Å². The van der Waals surface area contributed by atoms with E-state index in [-0.39, 0.29) is 5.91 Å². The Bertz CT molecular complexity index is 704. The second-order valence-corrected chi connectivity index (χ2v) is 5.68. The molecule has 0 radical (unpaired) electrons. The highest BCUT2D eigenvalue weighted by Crippen LogP contribution is 2.16. The fourth-order valence-electron chi connectivity index (χ4n) is 2.56. The van der Waals surface area contributed by atoms with Gasteiger partial charge in [-0.15, -0.1) is 0 Å². The number of nitrogens with zero attached hydrogens (tertiary/aromatic N) is 4. The topological polar surface area (TPSA) is 92.3 Å². The lowest BCUT2D eigenvalue weighted by Crippen LogP contribution is -2.37. The third kappa shape index (κ3) is 4.87. The van der Waals surface area contributed by atoms with Gasteiger partial charge >= 0.3 is 0 Å². The van der Waals surface area contributed by atoms with E-state index >= 15 is 0 Å². The maximum atomic E-state index is 11.9. The summed E-state index contributed by atoms with van der Waals surface area (Å²) in [5.74, 6) is 2.23. The fraction of sp³-hybridized carbons (Fsp3) is 0.412. The number of ether oxygens (including phenoxy) is 1. The van der Waals surface area contributed by atoms with E-state index in [0.29, 0.717) is 37.7 Å². The average Bonchev–Trinajstić information content (AvgIpc) is 2.66. The van der Waals surface area contributed by atoms with Crippen LogP contribution in [0.4, 0.5) is 11.6 Å². The van der Waals surface area contributed by atoms with Gasteiger partial charge in [0, 0.05) is 44.6 Å². The summed E-state index contributed by atoms with van der Waals surface area (Å²) in [4.78, 5) is 27.0. The van der Waals surface area contributed by atoms with Crippen LogP contribution in [0, 0.1) is 6.92 Å². The van der Waals surface area contributed by atoms with Crippen molar-refractivity contribution in [1.29, 1.82) is 0 Å². The molecule has 0 atom stereocenters. The zero-order chi connectivity index (χ0) is 17.5. The predicted molar refractivity (Wildman–Crippen MR) is 94.9 cm³/mol. The molecule has 1 amide bonds. The molecular weight excluding hydrogens is 320 g/mol. The Morgan fingerprint density at radius 2 is 2.12 bits per heavy atom. The van der Waals surface area contributed by atoms with Crippen LogP contribution >= 0.6 is 0 Å². The average molecular weight is 342 g/mol. The van der Waals surface area contributed by atoms with Gasteiger partial charge in [-0.05, 0) is 19.1 Å². The number of nitrogens with one attached hydrogen (secondary N) is 2. The largest absolute Gasteiger partial charge is 0.378 e. The van der Waals surface area contributed by atoms with E-state index in [2.05, 4.69) is 30.5 Å². The lowest BCUT2D eigenvalue weighted by Gasteiger charge is -2.28. The summed E-state index contributed by atoms with van der Waals surface area (Å²) < 4.78 is 5.37. The molecule has 0 saturated carbocycles. The maximum absolute atomic E-state index is 11.9. The number of pyridine rings is 1. The molecule has 2 N–H and O–H groups in total. The van der Waals surface area contributed by atoms with Gasteiger partial charge in [-0.1, -0.05) is 0 Å². The molecule has 0 unspecified atom stereocenters. The summed E-state index contributed by atoms with van der Waals surface area (Å²) in [6.45, 7) is 6.03. The summed E-state index contributed by atoms with van der Waals surface area (Å²) in [7, 11) is 0. The number of amides is 1. The molecule has 132 valence electrons. The van der Waals surface area contributed by atoms with Crippen molar-refractivity contribution in [2.45, 2.75) is 6.92 Å². The number of carbonyl (C=O) groups is 1. The molecule has 2 aromatic rings. The second-order valence-electron chi connectivity index (χ2n) is 5.68. The summed E-state index contributed by atoms with van der Waals surface area (Å²) in [5, 5.41) is 6.08. The molecule has 8 heteroatoms. The molecule has 25 heavy (non-hydrogen) atoms. The summed E-state index contributed by atoms with van der Waals surface area (Å²) in [6, 6.07) is 5.41. The second kappa shape index (κ2) is 8.39. The molecule has 3 rings (SSSR count). The Labute approximate surface area is 146 Å². The number of carbonyl (C=O) groups excluding carboxylic acids is 1. The highest BCUT2D eigenvalue weighted by molar-refractivity contribution is 5.93. The fourth-order valence-corrected chi connectivity index (χ4v) is 2.56. The first-order valence-electron chi connectivity index (χ1n) is 8.33. The minimum absolute atomic E-state index is 0.136. The van der Waals surface area contributed by atoms with Gasteiger partial charge in [-0.3, -0.25) is 9.78 Å². The van der Waals surface area contributed by atoms with Crippen molar-refractivity contribution in [3.8, 4) is 0 Å². The Balaban J connectivity index is 1.51. The van der Waals surface area contributed by atoms with Gasteiger partial charge in [0.05, 0.1) is 18.8 Å². The zero-order valence-electron chi connectivity index (χ0n) is 14.2. The van der Waals surface area contributed by atoms with Gasteiger partial charge in [0.25, 0.3) is 5.91 Å². The van der Waals surface area contributed by atoms with E-state index < -0.39 is 0 Å². The molecule has 0 bridgehead atoms. The van der Waals surface area contributed by atoms with Crippen LogP contribution < -0.4 is 15.5 Å². The molecule has 1 saturated heterocycles. The highest BCUT2D eigenvalue weighted by Gasteiger charge is 2.14. The van der Waals surface area contributed by atoms with Crippen LogP contribution in [-0.4, -0.2) is 60.3 Å². The van der Waals surface area contributed by atoms with Crippen LogP contribution in [0.5, 0.6) is 0 Å². The minimum atomic E-state index is -0.136. The first-order valence-corrected chi connectivity index (χ1v) is 8.33. The van der Waals surface area contributed by atoms with Crippen LogP contribution in [0.15, 0.2) is 30.6 Å². The number of aryl methyl sites for hydroxylation is 1. The van der Waals surface area contributed by atoms with Crippen molar-refractivity contribution in [1.82, 2.24) is 20.3 Å². The highest BCUT2D eigenvalue weighted by atomic mass is 16.5. The monoisotopic (exact) mass is 342 g/mol. The molecule has 1 fully saturated rings. The molecule has 1 aliphatic heterocycles. The number of morpholine rings is 1.